The van der Waals surface area contributed by atoms with Crippen LogP contribution in [0.5, 0.6) is 0 Å². The lowest BCUT2D eigenvalue weighted by Crippen LogP contribution is -2.42. The maximum absolute atomic E-state index is 4.77. The molecule has 0 fully saturated rings. The summed E-state index contributed by atoms with van der Waals surface area (Å²) in [6.45, 7) is 2.14. The van der Waals surface area contributed by atoms with Gasteiger partial charge in [-0.3, -0.25) is 4.98 Å². The highest BCUT2D eigenvalue weighted by molar-refractivity contribution is 5.97. The Morgan fingerprint density at radius 1 is 0.867 bits per heavy atom. The highest BCUT2D eigenvalue weighted by Gasteiger charge is 2.38. The van der Waals surface area contributed by atoms with E-state index in [4.69, 9.17) is 4.98 Å². The molecule has 0 aliphatic carbocycles. The van der Waals surface area contributed by atoms with Gasteiger partial charge in [0.05, 0.1) is 16.9 Å². The average molecular weight is 390 g/mol. The number of nitrogens with zero attached hydrogens (tertiary/aromatic N) is 3. The molecular weight excluding hydrogens is 366 g/mol. The summed E-state index contributed by atoms with van der Waals surface area (Å²) in [6.07, 6.45) is 6.62. The van der Waals surface area contributed by atoms with Crippen molar-refractivity contribution in [1.29, 1.82) is 0 Å². The van der Waals surface area contributed by atoms with Crippen molar-refractivity contribution < 1.29 is 0 Å². The van der Waals surface area contributed by atoms with Crippen LogP contribution >= 0.6 is 0 Å². The number of pyridine rings is 1. The number of anilines is 2. The lowest BCUT2D eigenvalue weighted by Gasteiger charge is -2.38. The van der Waals surface area contributed by atoms with Gasteiger partial charge in [0.15, 0.2) is 0 Å². The molecule has 3 heteroatoms. The van der Waals surface area contributed by atoms with Crippen LogP contribution < -0.4 is 9.80 Å². The second kappa shape index (κ2) is 6.74. The predicted octanol–water partition coefficient (Wildman–Crippen LogP) is 6.14. The first-order valence-corrected chi connectivity index (χ1v) is 10.6. The molecule has 0 amide bonds. The molecule has 6 rings (SSSR count). The summed E-state index contributed by atoms with van der Waals surface area (Å²) in [5.74, 6) is 0. The predicted molar refractivity (Wildman–Crippen MR) is 124 cm³/mol. The van der Waals surface area contributed by atoms with Gasteiger partial charge in [-0.25, -0.2) is 0 Å². The van der Waals surface area contributed by atoms with Crippen molar-refractivity contribution >= 4 is 28.0 Å². The van der Waals surface area contributed by atoms with Gasteiger partial charge < -0.3 is 9.80 Å². The summed E-state index contributed by atoms with van der Waals surface area (Å²) >= 11 is 0. The van der Waals surface area contributed by atoms with Crippen LogP contribution in [0.15, 0.2) is 91.3 Å². The third-order valence-corrected chi connectivity index (χ3v) is 6.28. The molecule has 30 heavy (non-hydrogen) atoms. The van der Waals surface area contributed by atoms with E-state index < -0.39 is 0 Å². The Labute approximate surface area is 176 Å². The van der Waals surface area contributed by atoms with E-state index in [9.17, 15) is 0 Å². The zero-order valence-electron chi connectivity index (χ0n) is 17.0. The van der Waals surface area contributed by atoms with Gasteiger partial charge >= 0.3 is 0 Å². The first-order valence-electron chi connectivity index (χ1n) is 10.6. The first-order chi connectivity index (χ1) is 14.8. The van der Waals surface area contributed by atoms with Crippen molar-refractivity contribution in [3.8, 4) is 0 Å². The van der Waals surface area contributed by atoms with Crippen LogP contribution in [0.25, 0.3) is 16.6 Å². The molecule has 2 aliphatic rings. The normalized spacial score (nSPS) is 17.6. The van der Waals surface area contributed by atoms with E-state index in [1.54, 1.807) is 0 Å². The number of aromatic nitrogens is 1. The fourth-order valence-corrected chi connectivity index (χ4v) is 4.83. The van der Waals surface area contributed by atoms with Gasteiger partial charge in [0.2, 0.25) is 0 Å². The van der Waals surface area contributed by atoms with Crippen molar-refractivity contribution in [3.63, 3.8) is 0 Å². The van der Waals surface area contributed by atoms with Crippen LogP contribution in [0.2, 0.25) is 0 Å². The fraction of sp³-hybridized carbons (Fsp3) is 0.148. The molecule has 2 aliphatic heterocycles. The molecule has 0 radical (unpaired) electrons. The zero-order chi connectivity index (χ0) is 20.1. The van der Waals surface area contributed by atoms with Gasteiger partial charge in [0, 0.05) is 23.5 Å². The summed E-state index contributed by atoms with van der Waals surface area (Å²) in [4.78, 5) is 9.73. The highest BCUT2D eigenvalue weighted by atomic mass is 15.4. The molecule has 146 valence electrons. The molecule has 0 N–H and O–H groups in total. The van der Waals surface area contributed by atoms with Crippen LogP contribution in [0.3, 0.4) is 0 Å². The van der Waals surface area contributed by atoms with Crippen molar-refractivity contribution in [2.24, 2.45) is 0 Å². The minimum atomic E-state index is 0.253. The second-order valence-electron chi connectivity index (χ2n) is 8.16. The van der Waals surface area contributed by atoms with Crippen molar-refractivity contribution in [3.05, 3.63) is 108 Å². The Morgan fingerprint density at radius 2 is 1.70 bits per heavy atom. The largest absolute Gasteiger partial charge is 0.322 e. The molecule has 0 bridgehead atoms. The third kappa shape index (κ3) is 2.62. The minimum Gasteiger partial charge on any atom is -0.322 e. The van der Waals surface area contributed by atoms with Gasteiger partial charge in [-0.2, -0.15) is 0 Å². The molecule has 4 aromatic rings. The second-order valence-corrected chi connectivity index (χ2v) is 8.16. The highest BCUT2D eigenvalue weighted by Crippen LogP contribution is 2.45. The number of fused-ring (bicyclic) bond motifs is 5. The van der Waals surface area contributed by atoms with E-state index in [0.29, 0.717) is 0 Å². The van der Waals surface area contributed by atoms with E-state index in [1.165, 1.54) is 39.1 Å². The first kappa shape index (κ1) is 17.3. The van der Waals surface area contributed by atoms with E-state index in [2.05, 4.69) is 95.7 Å². The summed E-state index contributed by atoms with van der Waals surface area (Å²) in [7, 11) is 0. The summed E-state index contributed by atoms with van der Waals surface area (Å²) in [5, 5.41) is 1.19. The molecule has 0 saturated carbocycles. The van der Waals surface area contributed by atoms with Gasteiger partial charge in [-0.05, 0) is 49.1 Å². The van der Waals surface area contributed by atoms with Gasteiger partial charge in [-0.15, -0.1) is 0 Å². The van der Waals surface area contributed by atoms with Crippen LogP contribution in [-0.2, 0) is 6.42 Å². The average Bonchev–Trinajstić information content (AvgIpc) is 3.19. The van der Waals surface area contributed by atoms with E-state index >= 15 is 0 Å². The minimum absolute atomic E-state index is 0.253. The van der Waals surface area contributed by atoms with Crippen LogP contribution in [-0.4, -0.2) is 11.1 Å². The van der Waals surface area contributed by atoms with E-state index in [0.717, 1.165) is 18.4 Å². The lowest BCUT2D eigenvalue weighted by molar-refractivity contribution is 0.601. The topological polar surface area (TPSA) is 19.4 Å². The third-order valence-electron chi connectivity index (χ3n) is 6.28. The zero-order valence-corrected chi connectivity index (χ0v) is 17.0. The summed E-state index contributed by atoms with van der Waals surface area (Å²) in [6, 6.07) is 28.3. The van der Waals surface area contributed by atoms with Gasteiger partial charge in [0.1, 0.15) is 6.17 Å². The number of hydrogen-bond donors (Lipinski definition) is 0. The van der Waals surface area contributed by atoms with E-state index in [-0.39, 0.29) is 6.17 Å². The molecule has 3 heterocycles. The smallest absolute Gasteiger partial charge is 0.111 e. The van der Waals surface area contributed by atoms with Crippen molar-refractivity contribution in [2.45, 2.75) is 25.9 Å². The Hall–Kier alpha value is -3.59. The Kier molecular flexibility index (Phi) is 3.88. The molecular formula is C27H23N3. The Balaban J connectivity index is 1.56. The van der Waals surface area contributed by atoms with Gasteiger partial charge in [0.25, 0.3) is 0 Å². The summed E-state index contributed by atoms with van der Waals surface area (Å²) in [5.41, 5.74) is 8.73. The van der Waals surface area contributed by atoms with Crippen molar-refractivity contribution in [1.82, 2.24) is 4.98 Å². The van der Waals surface area contributed by atoms with Crippen LogP contribution in [0.1, 0.15) is 23.1 Å². The SMILES string of the molecule is Cc1ccc(N2C(c3ccccc3)=CN3c4c(ccc5cccnc45)CCC32)cc1. The summed E-state index contributed by atoms with van der Waals surface area (Å²) < 4.78 is 0. The molecule has 3 aromatic carbocycles. The number of hydrogen-bond acceptors (Lipinski definition) is 3. The monoisotopic (exact) mass is 389 g/mol. The molecule has 1 aromatic heterocycles. The Bertz CT molecular complexity index is 1260. The van der Waals surface area contributed by atoms with E-state index in [1.807, 2.05) is 12.3 Å². The quantitative estimate of drug-likeness (QED) is 0.410. The van der Waals surface area contributed by atoms with Crippen LogP contribution in [0, 0.1) is 6.92 Å². The number of rotatable bonds is 2. The van der Waals surface area contributed by atoms with Crippen molar-refractivity contribution in [2.75, 3.05) is 9.80 Å². The molecule has 3 nitrogen and oxygen atoms in total. The molecule has 1 unspecified atom stereocenters. The molecule has 1 atom stereocenters. The maximum atomic E-state index is 4.77. The lowest BCUT2D eigenvalue weighted by atomic mass is 9.97. The number of aryl methyl sites for hydroxylation is 2. The Morgan fingerprint density at radius 3 is 2.53 bits per heavy atom. The number of benzene rings is 3. The fourth-order valence-electron chi connectivity index (χ4n) is 4.83. The molecule has 0 spiro atoms. The molecule has 0 saturated heterocycles. The van der Waals surface area contributed by atoms with Crippen LogP contribution in [0.4, 0.5) is 11.4 Å². The maximum Gasteiger partial charge on any atom is 0.111 e. The standard InChI is InChI=1S/C27H23N3/c1-19-9-14-23(15-10-19)30-24(20-6-3-2-4-7-20)18-29-25(30)16-13-22-12-11-21-8-5-17-28-26(21)27(22)29/h2-12,14-15,17-18,25H,13,16H2,1H3. The van der Waals surface area contributed by atoms with Gasteiger partial charge in [-0.1, -0.05) is 66.2 Å².